The van der Waals surface area contributed by atoms with E-state index >= 15 is 0 Å². The Morgan fingerprint density at radius 1 is 0.955 bits per heavy atom. The minimum absolute atomic E-state index is 0.0372. The Kier molecular flexibility index (Phi) is 5.33. The highest BCUT2D eigenvalue weighted by molar-refractivity contribution is 9.10. The van der Waals surface area contributed by atoms with Gasteiger partial charge < -0.3 is 9.47 Å². The van der Waals surface area contributed by atoms with Crippen LogP contribution in [0.1, 0.15) is 24.2 Å². The minimum Gasteiger partial charge on any atom is -0.479 e. The van der Waals surface area contributed by atoms with E-state index in [0.717, 1.165) is 4.47 Å². The number of ether oxygens (including phenoxy) is 2. The van der Waals surface area contributed by atoms with Crippen LogP contribution >= 0.6 is 15.9 Å². The molecular weight excluding hydrogens is 348 g/mol. The maximum atomic E-state index is 12.0. The van der Waals surface area contributed by atoms with Crippen molar-refractivity contribution in [1.82, 2.24) is 0 Å². The first-order valence-corrected chi connectivity index (χ1v) is 7.50. The summed E-state index contributed by atoms with van der Waals surface area (Å²) in [6, 6.07) is 13.6. The van der Waals surface area contributed by atoms with E-state index in [0.29, 0.717) is 17.1 Å². The molecule has 0 fully saturated rings. The number of carbonyl (C=O) groups excluding carboxylic acids is 2. The van der Waals surface area contributed by atoms with Crippen molar-refractivity contribution in [3.05, 3.63) is 58.6 Å². The SMILES string of the molecule is CC(=O)c1ccc(OC(=O)C(C)Oc2ccc(Br)cc2)cc1. The van der Waals surface area contributed by atoms with Gasteiger partial charge in [0.05, 0.1) is 0 Å². The van der Waals surface area contributed by atoms with Gasteiger partial charge in [-0.25, -0.2) is 4.79 Å². The molecule has 2 aromatic rings. The number of ketones is 1. The van der Waals surface area contributed by atoms with Crippen LogP contribution in [0, 0.1) is 0 Å². The molecule has 0 radical (unpaired) electrons. The summed E-state index contributed by atoms with van der Waals surface area (Å²) in [7, 11) is 0. The number of Topliss-reactive ketones (excluding diaryl/α,β-unsaturated/α-hetero) is 1. The molecule has 0 bridgehead atoms. The van der Waals surface area contributed by atoms with Crippen molar-refractivity contribution in [3.63, 3.8) is 0 Å². The quantitative estimate of drug-likeness (QED) is 0.457. The molecule has 1 atom stereocenters. The van der Waals surface area contributed by atoms with Crippen LogP contribution in [-0.2, 0) is 4.79 Å². The summed E-state index contributed by atoms with van der Waals surface area (Å²) in [5.41, 5.74) is 0.568. The molecule has 0 amide bonds. The lowest BCUT2D eigenvalue weighted by Crippen LogP contribution is -2.28. The summed E-state index contributed by atoms with van der Waals surface area (Å²) >= 11 is 3.33. The molecule has 2 aromatic carbocycles. The van der Waals surface area contributed by atoms with Gasteiger partial charge in [-0.05, 0) is 62.4 Å². The summed E-state index contributed by atoms with van der Waals surface area (Å²) in [6.07, 6.45) is -0.742. The van der Waals surface area contributed by atoms with E-state index in [-0.39, 0.29) is 5.78 Å². The lowest BCUT2D eigenvalue weighted by atomic mass is 10.1. The fourth-order valence-electron chi connectivity index (χ4n) is 1.72. The number of halogens is 1. The third-order valence-corrected chi connectivity index (χ3v) is 3.47. The molecule has 5 heteroatoms. The van der Waals surface area contributed by atoms with E-state index in [2.05, 4.69) is 15.9 Å². The lowest BCUT2D eigenvalue weighted by Gasteiger charge is -2.14. The Labute approximate surface area is 137 Å². The first-order chi connectivity index (χ1) is 10.5. The zero-order valence-corrected chi connectivity index (χ0v) is 13.8. The number of benzene rings is 2. The summed E-state index contributed by atoms with van der Waals surface area (Å²) < 4.78 is 11.7. The number of rotatable bonds is 5. The first-order valence-electron chi connectivity index (χ1n) is 6.70. The molecule has 0 aromatic heterocycles. The molecule has 2 rings (SSSR count). The van der Waals surface area contributed by atoms with Crippen molar-refractivity contribution in [3.8, 4) is 11.5 Å². The zero-order chi connectivity index (χ0) is 16.1. The van der Waals surface area contributed by atoms with E-state index in [1.807, 2.05) is 12.1 Å². The predicted octanol–water partition coefficient (Wildman–Crippen LogP) is 4.02. The van der Waals surface area contributed by atoms with Crippen LogP contribution in [0.3, 0.4) is 0 Å². The maximum Gasteiger partial charge on any atom is 0.352 e. The van der Waals surface area contributed by atoms with Gasteiger partial charge in [0.1, 0.15) is 11.5 Å². The van der Waals surface area contributed by atoms with E-state index in [1.54, 1.807) is 43.3 Å². The molecule has 0 aliphatic carbocycles. The van der Waals surface area contributed by atoms with Crippen LogP contribution in [0.4, 0.5) is 0 Å². The molecule has 0 aliphatic heterocycles. The second-order valence-electron chi connectivity index (χ2n) is 4.72. The van der Waals surface area contributed by atoms with Crippen LogP contribution in [0.2, 0.25) is 0 Å². The van der Waals surface area contributed by atoms with E-state index < -0.39 is 12.1 Å². The summed E-state index contributed by atoms with van der Waals surface area (Å²) in [6.45, 7) is 3.10. The van der Waals surface area contributed by atoms with E-state index in [1.165, 1.54) is 6.92 Å². The standard InChI is InChI=1S/C17H15BrO4/c1-11(19)13-3-7-16(8-4-13)22-17(20)12(2)21-15-9-5-14(18)6-10-15/h3-10,12H,1-2H3. The maximum absolute atomic E-state index is 12.0. The molecule has 0 aliphatic rings. The van der Waals surface area contributed by atoms with Gasteiger partial charge >= 0.3 is 5.97 Å². The third kappa shape index (κ3) is 4.43. The minimum atomic E-state index is -0.742. The van der Waals surface area contributed by atoms with Crippen molar-refractivity contribution < 1.29 is 19.1 Å². The number of carbonyl (C=O) groups is 2. The molecular formula is C17H15BrO4. The Morgan fingerprint density at radius 3 is 2.05 bits per heavy atom. The molecule has 0 saturated carbocycles. The molecule has 1 unspecified atom stereocenters. The smallest absolute Gasteiger partial charge is 0.352 e. The second-order valence-corrected chi connectivity index (χ2v) is 5.63. The average Bonchev–Trinajstić information content (AvgIpc) is 2.50. The fourth-order valence-corrected chi connectivity index (χ4v) is 1.99. The van der Waals surface area contributed by atoms with Crippen LogP contribution in [0.15, 0.2) is 53.0 Å². The summed E-state index contributed by atoms with van der Waals surface area (Å²) in [4.78, 5) is 23.2. The van der Waals surface area contributed by atoms with E-state index in [4.69, 9.17) is 9.47 Å². The Hall–Kier alpha value is -2.14. The molecule has 0 N–H and O–H groups in total. The molecule has 0 saturated heterocycles. The van der Waals surface area contributed by atoms with Crippen LogP contribution in [-0.4, -0.2) is 17.9 Å². The Bertz CT molecular complexity index is 662. The van der Waals surface area contributed by atoms with Crippen LogP contribution < -0.4 is 9.47 Å². The summed E-state index contributed by atoms with van der Waals surface area (Å²) in [5, 5.41) is 0. The van der Waals surface area contributed by atoms with Gasteiger partial charge in [-0.3, -0.25) is 4.79 Å². The van der Waals surface area contributed by atoms with Gasteiger partial charge in [-0.2, -0.15) is 0 Å². The topological polar surface area (TPSA) is 52.6 Å². The molecule has 22 heavy (non-hydrogen) atoms. The molecule has 4 nitrogen and oxygen atoms in total. The Balaban J connectivity index is 1.95. The van der Waals surface area contributed by atoms with Crippen LogP contribution in [0.25, 0.3) is 0 Å². The van der Waals surface area contributed by atoms with Crippen molar-refractivity contribution in [2.75, 3.05) is 0 Å². The van der Waals surface area contributed by atoms with Gasteiger partial charge in [0.15, 0.2) is 11.9 Å². The number of hydrogen-bond acceptors (Lipinski definition) is 4. The van der Waals surface area contributed by atoms with Crippen molar-refractivity contribution in [1.29, 1.82) is 0 Å². The first kappa shape index (κ1) is 16.2. The Morgan fingerprint density at radius 2 is 1.50 bits per heavy atom. The second kappa shape index (κ2) is 7.22. The number of hydrogen-bond donors (Lipinski definition) is 0. The average molecular weight is 363 g/mol. The molecule has 114 valence electrons. The van der Waals surface area contributed by atoms with Crippen molar-refractivity contribution in [2.45, 2.75) is 20.0 Å². The molecule has 0 heterocycles. The highest BCUT2D eigenvalue weighted by atomic mass is 79.9. The number of esters is 1. The predicted molar refractivity (Wildman–Crippen MR) is 86.3 cm³/mol. The van der Waals surface area contributed by atoms with Gasteiger partial charge in [0.25, 0.3) is 0 Å². The fraction of sp³-hybridized carbons (Fsp3) is 0.176. The van der Waals surface area contributed by atoms with Gasteiger partial charge in [0.2, 0.25) is 0 Å². The molecule has 0 spiro atoms. The van der Waals surface area contributed by atoms with E-state index in [9.17, 15) is 9.59 Å². The lowest BCUT2D eigenvalue weighted by molar-refractivity contribution is -0.141. The third-order valence-electron chi connectivity index (χ3n) is 2.94. The van der Waals surface area contributed by atoms with Gasteiger partial charge in [-0.1, -0.05) is 15.9 Å². The van der Waals surface area contributed by atoms with Gasteiger partial charge in [-0.15, -0.1) is 0 Å². The van der Waals surface area contributed by atoms with Crippen molar-refractivity contribution in [2.24, 2.45) is 0 Å². The monoisotopic (exact) mass is 362 g/mol. The van der Waals surface area contributed by atoms with Crippen molar-refractivity contribution >= 4 is 27.7 Å². The normalized spacial score (nSPS) is 11.6. The largest absolute Gasteiger partial charge is 0.479 e. The highest BCUT2D eigenvalue weighted by Gasteiger charge is 2.17. The van der Waals surface area contributed by atoms with Gasteiger partial charge in [0, 0.05) is 10.0 Å². The summed E-state index contributed by atoms with van der Waals surface area (Å²) in [5.74, 6) is 0.421. The zero-order valence-electron chi connectivity index (χ0n) is 12.2. The highest BCUT2D eigenvalue weighted by Crippen LogP contribution is 2.18. The van der Waals surface area contributed by atoms with Crippen LogP contribution in [0.5, 0.6) is 11.5 Å².